The van der Waals surface area contributed by atoms with Crippen LogP contribution in [0.1, 0.15) is 26.2 Å². The van der Waals surface area contributed by atoms with Gasteiger partial charge in [-0.3, -0.25) is 14.4 Å². The largest absolute Gasteiger partial charge is 0.497 e. The van der Waals surface area contributed by atoms with Crippen LogP contribution < -0.4 is 14.5 Å². The first-order valence-corrected chi connectivity index (χ1v) is 15.2. The molecule has 2 aromatic carbocycles. The number of aliphatic hydroxyl groups excluding tert-OH is 1. The molecule has 3 aliphatic heterocycles. The summed E-state index contributed by atoms with van der Waals surface area (Å²) in [5, 5.41) is 9.70. The standard InChI is InChI=1S/C33H39N3O5S/c1-5-19-34(23-11-8-7-9-12-23)29(38)26-27-30(39)36(21-10-22-37)28(33(27)18-17-32(26,3)42-33)31(40)35(20-6-2)24-13-15-25(41-4)16-14-24/h5-9,11-16,26-28,37H,1-2,10,17-22H2,3-4H3/t26-,27-,28?,32+,33?/m0/s1. The molecule has 3 fully saturated rings. The van der Waals surface area contributed by atoms with Crippen LogP contribution >= 0.6 is 11.8 Å². The van der Waals surface area contributed by atoms with Gasteiger partial charge in [-0.15, -0.1) is 24.9 Å². The smallest absolute Gasteiger partial charge is 0.251 e. The lowest BCUT2D eigenvalue weighted by Crippen LogP contribution is -2.55. The van der Waals surface area contributed by atoms with E-state index in [-0.39, 0.29) is 37.4 Å². The normalized spacial score (nSPS) is 27.5. The summed E-state index contributed by atoms with van der Waals surface area (Å²) in [6.45, 7) is 10.5. The second-order valence-corrected chi connectivity index (χ2v) is 13.2. The maximum Gasteiger partial charge on any atom is 0.251 e. The van der Waals surface area contributed by atoms with Crippen molar-refractivity contribution in [2.75, 3.05) is 43.2 Å². The molecule has 0 aromatic heterocycles. The van der Waals surface area contributed by atoms with Crippen LogP contribution in [0.4, 0.5) is 11.4 Å². The number of thioether (sulfide) groups is 1. The average molecular weight is 590 g/mol. The first-order chi connectivity index (χ1) is 20.3. The van der Waals surface area contributed by atoms with Crippen LogP contribution in [0.5, 0.6) is 5.75 Å². The molecule has 2 unspecified atom stereocenters. The van der Waals surface area contributed by atoms with Crippen molar-refractivity contribution in [3.05, 3.63) is 79.9 Å². The second-order valence-electron chi connectivity index (χ2n) is 11.3. The Labute approximate surface area is 252 Å². The fourth-order valence-corrected chi connectivity index (χ4v) is 9.50. The Hall–Kier alpha value is -3.56. The highest BCUT2D eigenvalue weighted by Gasteiger charge is 2.77. The van der Waals surface area contributed by atoms with Gasteiger partial charge in [0, 0.05) is 42.4 Å². The molecule has 0 saturated carbocycles. The number of hydrogen-bond acceptors (Lipinski definition) is 6. The van der Waals surface area contributed by atoms with E-state index in [1.807, 2.05) is 42.5 Å². The second kappa shape index (κ2) is 12.0. The molecule has 5 rings (SSSR count). The van der Waals surface area contributed by atoms with E-state index < -0.39 is 27.4 Å². The number of ether oxygens (including phenoxy) is 1. The van der Waals surface area contributed by atoms with Crippen molar-refractivity contribution >= 4 is 40.9 Å². The van der Waals surface area contributed by atoms with Crippen LogP contribution in [-0.2, 0) is 14.4 Å². The van der Waals surface area contributed by atoms with Gasteiger partial charge in [-0.2, -0.15) is 0 Å². The summed E-state index contributed by atoms with van der Waals surface area (Å²) in [4.78, 5) is 48.5. The number of hydrogen-bond donors (Lipinski definition) is 1. The van der Waals surface area contributed by atoms with Crippen molar-refractivity contribution < 1.29 is 24.2 Å². The molecule has 3 heterocycles. The van der Waals surface area contributed by atoms with E-state index in [1.165, 1.54) is 0 Å². The third-order valence-corrected chi connectivity index (χ3v) is 10.9. The maximum absolute atomic E-state index is 14.6. The number of carbonyl (C=O) groups excluding carboxylic acids is 3. The van der Waals surface area contributed by atoms with Gasteiger partial charge in [0.15, 0.2) is 0 Å². The van der Waals surface area contributed by atoms with Crippen molar-refractivity contribution in [1.82, 2.24) is 4.90 Å². The number of likely N-dealkylation sites (tertiary alicyclic amines) is 1. The fourth-order valence-electron chi connectivity index (χ4n) is 7.15. The van der Waals surface area contributed by atoms with Crippen LogP contribution in [0.25, 0.3) is 0 Å². The molecule has 42 heavy (non-hydrogen) atoms. The third-order valence-electron chi connectivity index (χ3n) is 8.94. The highest BCUT2D eigenvalue weighted by molar-refractivity contribution is 8.02. The molecule has 9 heteroatoms. The van der Waals surface area contributed by atoms with E-state index in [0.717, 1.165) is 12.1 Å². The molecule has 0 aliphatic carbocycles. The van der Waals surface area contributed by atoms with Crippen molar-refractivity contribution in [2.45, 2.75) is 41.7 Å². The molecule has 5 atom stereocenters. The molecule has 0 radical (unpaired) electrons. The fraction of sp³-hybridized carbons (Fsp3) is 0.424. The Kier molecular flexibility index (Phi) is 8.53. The number of benzene rings is 2. The Morgan fingerprint density at radius 2 is 1.64 bits per heavy atom. The summed E-state index contributed by atoms with van der Waals surface area (Å²) in [6, 6.07) is 15.9. The highest BCUT2D eigenvalue weighted by Crippen LogP contribution is 2.71. The third kappa shape index (κ3) is 4.82. The van der Waals surface area contributed by atoms with Crippen LogP contribution in [0.3, 0.4) is 0 Å². The van der Waals surface area contributed by atoms with Crippen molar-refractivity contribution in [1.29, 1.82) is 0 Å². The zero-order chi connectivity index (χ0) is 30.1. The molecular formula is C33H39N3O5S. The zero-order valence-corrected chi connectivity index (χ0v) is 25.1. The van der Waals surface area contributed by atoms with E-state index in [0.29, 0.717) is 30.8 Å². The molecule has 8 nitrogen and oxygen atoms in total. The number of amides is 3. The number of aliphatic hydroxyl groups is 1. The molecule has 1 spiro atoms. The minimum atomic E-state index is -0.780. The molecule has 3 aliphatic rings. The van der Waals surface area contributed by atoms with Crippen LogP contribution in [-0.4, -0.2) is 76.6 Å². The number of rotatable bonds is 12. The van der Waals surface area contributed by atoms with Gasteiger partial charge in [-0.05, 0) is 62.6 Å². The summed E-state index contributed by atoms with van der Waals surface area (Å²) >= 11 is 1.64. The maximum atomic E-state index is 14.6. The molecule has 222 valence electrons. The first kappa shape index (κ1) is 29.9. The SMILES string of the molecule is C=CCN(C(=O)C1N(CCCO)C(=O)[C@@H]2[C@@H](C(=O)N(CC=C)c3ccccc3)[C@@]3(C)CCC12S3)c1ccc(OC)cc1. The minimum Gasteiger partial charge on any atom is -0.497 e. The summed E-state index contributed by atoms with van der Waals surface area (Å²) in [5.41, 5.74) is 1.42. The lowest BCUT2D eigenvalue weighted by atomic mass is 9.66. The van der Waals surface area contributed by atoms with Gasteiger partial charge in [0.25, 0.3) is 5.91 Å². The van der Waals surface area contributed by atoms with Gasteiger partial charge >= 0.3 is 0 Å². The van der Waals surface area contributed by atoms with E-state index >= 15 is 0 Å². The average Bonchev–Trinajstić information content (AvgIpc) is 3.57. The number of carbonyl (C=O) groups is 3. The Morgan fingerprint density at radius 3 is 2.24 bits per heavy atom. The Balaban J connectivity index is 1.57. The van der Waals surface area contributed by atoms with Gasteiger partial charge < -0.3 is 24.5 Å². The van der Waals surface area contributed by atoms with E-state index in [9.17, 15) is 19.5 Å². The molecule has 3 saturated heterocycles. The van der Waals surface area contributed by atoms with Crippen LogP contribution in [0.2, 0.25) is 0 Å². The lowest BCUT2D eigenvalue weighted by Gasteiger charge is -2.38. The van der Waals surface area contributed by atoms with Crippen molar-refractivity contribution in [3.63, 3.8) is 0 Å². The first-order valence-electron chi connectivity index (χ1n) is 14.4. The summed E-state index contributed by atoms with van der Waals surface area (Å²) in [5.74, 6) is -1.10. The molecular weight excluding hydrogens is 550 g/mol. The Morgan fingerprint density at radius 1 is 1.02 bits per heavy atom. The molecule has 3 amide bonds. The van der Waals surface area contributed by atoms with Gasteiger partial charge in [0.05, 0.1) is 23.7 Å². The van der Waals surface area contributed by atoms with Crippen molar-refractivity contribution in [3.8, 4) is 5.75 Å². The molecule has 1 N–H and O–H groups in total. The van der Waals surface area contributed by atoms with Crippen LogP contribution in [0.15, 0.2) is 79.9 Å². The van der Waals surface area contributed by atoms with Gasteiger partial charge in [-0.1, -0.05) is 30.4 Å². The lowest BCUT2D eigenvalue weighted by molar-refractivity contribution is -0.139. The molecule has 2 aromatic rings. The van der Waals surface area contributed by atoms with Gasteiger partial charge in [0.2, 0.25) is 11.8 Å². The quantitative estimate of drug-likeness (QED) is 0.372. The van der Waals surface area contributed by atoms with Gasteiger partial charge in [-0.25, -0.2) is 0 Å². The highest BCUT2D eigenvalue weighted by atomic mass is 32.2. The summed E-state index contributed by atoms with van der Waals surface area (Å²) < 4.78 is 4.04. The number of methoxy groups -OCH3 is 1. The van der Waals surface area contributed by atoms with Crippen molar-refractivity contribution in [2.24, 2.45) is 11.8 Å². The minimum absolute atomic E-state index is 0.106. The number of anilines is 2. The zero-order valence-electron chi connectivity index (χ0n) is 24.3. The van der Waals surface area contributed by atoms with E-state index in [4.69, 9.17) is 4.74 Å². The Bertz CT molecular complexity index is 1350. The number of para-hydroxylation sites is 1. The van der Waals surface area contributed by atoms with E-state index in [1.54, 1.807) is 57.9 Å². The summed E-state index contributed by atoms with van der Waals surface area (Å²) in [7, 11) is 1.59. The van der Waals surface area contributed by atoms with Gasteiger partial charge in [0.1, 0.15) is 11.8 Å². The predicted molar refractivity (Wildman–Crippen MR) is 167 cm³/mol. The number of nitrogens with zero attached hydrogens (tertiary/aromatic N) is 3. The molecule has 2 bridgehead atoms. The van der Waals surface area contributed by atoms with Crippen LogP contribution in [0, 0.1) is 11.8 Å². The van der Waals surface area contributed by atoms with E-state index in [2.05, 4.69) is 20.1 Å². The predicted octanol–water partition coefficient (Wildman–Crippen LogP) is 4.30. The summed E-state index contributed by atoms with van der Waals surface area (Å²) in [6.07, 6.45) is 5.08. The monoisotopic (exact) mass is 589 g/mol. The topological polar surface area (TPSA) is 90.4 Å². The number of fused-ring (bicyclic) bond motifs is 1.